The second kappa shape index (κ2) is 8.23. The lowest BCUT2D eigenvalue weighted by Crippen LogP contribution is -2.29. The number of rotatable bonds is 7. The van der Waals surface area contributed by atoms with Gasteiger partial charge >= 0.3 is 5.97 Å². The number of carbonyl (C=O) groups excluding carboxylic acids is 3. The first-order chi connectivity index (χ1) is 11.5. The Morgan fingerprint density at radius 3 is 2.83 bits per heavy atom. The summed E-state index contributed by atoms with van der Waals surface area (Å²) in [5, 5.41) is 3.08. The van der Waals surface area contributed by atoms with E-state index in [-0.39, 0.29) is 30.8 Å². The summed E-state index contributed by atoms with van der Waals surface area (Å²) in [5.74, 6) is -1.02. The summed E-state index contributed by atoms with van der Waals surface area (Å²) in [6.45, 7) is 6.93. The molecule has 1 aliphatic heterocycles. The van der Waals surface area contributed by atoms with E-state index in [2.05, 4.69) is 17.2 Å². The van der Waals surface area contributed by atoms with E-state index in [1.54, 1.807) is 18.7 Å². The van der Waals surface area contributed by atoms with Crippen molar-refractivity contribution in [1.29, 1.82) is 0 Å². The maximum absolute atomic E-state index is 12.4. The number of amides is 2. The normalized spacial score (nSPS) is 17.2. The zero-order valence-electron chi connectivity index (χ0n) is 14.3. The Balaban J connectivity index is 1.97. The van der Waals surface area contributed by atoms with E-state index in [4.69, 9.17) is 4.74 Å². The number of carbonyl (C=O) groups is 3. The number of aromatic nitrogens is 1. The summed E-state index contributed by atoms with van der Waals surface area (Å²) in [7, 11) is 0. The van der Waals surface area contributed by atoms with E-state index >= 15 is 0 Å². The maximum atomic E-state index is 12.4. The van der Waals surface area contributed by atoms with Crippen LogP contribution in [0.25, 0.3) is 0 Å². The zero-order valence-corrected chi connectivity index (χ0v) is 15.1. The fourth-order valence-electron chi connectivity index (χ4n) is 2.56. The molecule has 2 amide bonds. The van der Waals surface area contributed by atoms with Gasteiger partial charge in [0, 0.05) is 19.5 Å². The number of esters is 1. The zero-order chi connectivity index (χ0) is 17.7. The Morgan fingerprint density at radius 1 is 1.42 bits per heavy atom. The molecule has 0 radical (unpaired) electrons. The van der Waals surface area contributed by atoms with Crippen LogP contribution in [0.5, 0.6) is 0 Å². The molecule has 0 bridgehead atoms. The number of ether oxygens (including phenoxy) is 1. The third-order valence-corrected chi connectivity index (χ3v) is 4.91. The largest absolute Gasteiger partial charge is 0.462 e. The molecule has 1 fully saturated rings. The molecule has 1 N–H and O–H groups in total. The Morgan fingerprint density at radius 2 is 2.17 bits per heavy atom. The molecular formula is C16H23N3O4S. The highest BCUT2D eigenvalue weighted by molar-refractivity contribution is 7.17. The van der Waals surface area contributed by atoms with Crippen LogP contribution in [0.3, 0.4) is 0 Å². The number of unbranched alkanes of at least 4 members (excludes halogenated alkanes) is 1. The van der Waals surface area contributed by atoms with E-state index in [0.29, 0.717) is 28.8 Å². The minimum atomic E-state index is -0.435. The Bertz CT molecular complexity index is 629. The third kappa shape index (κ3) is 4.31. The van der Waals surface area contributed by atoms with Gasteiger partial charge in [-0.25, -0.2) is 9.78 Å². The van der Waals surface area contributed by atoms with Crippen LogP contribution in [0.1, 0.15) is 48.5 Å². The highest BCUT2D eigenvalue weighted by atomic mass is 32.1. The molecule has 2 rings (SSSR count). The van der Waals surface area contributed by atoms with Gasteiger partial charge in [0.2, 0.25) is 11.8 Å². The number of hydrogen-bond acceptors (Lipinski definition) is 6. The van der Waals surface area contributed by atoms with Crippen molar-refractivity contribution in [3.8, 4) is 0 Å². The molecular weight excluding hydrogens is 330 g/mol. The fourth-order valence-corrected chi connectivity index (χ4v) is 3.42. The lowest BCUT2D eigenvalue weighted by Gasteiger charge is -2.15. The van der Waals surface area contributed by atoms with Crippen molar-refractivity contribution in [1.82, 2.24) is 9.88 Å². The molecule has 0 aliphatic carbocycles. The SMILES string of the molecule is CCCCN1C[C@@H](C(=O)Nc2nc(C)c(C(=O)OCC)s2)CC1=O. The number of nitrogens with one attached hydrogen (secondary N) is 1. The summed E-state index contributed by atoms with van der Waals surface area (Å²) >= 11 is 1.09. The molecule has 1 aromatic rings. The first-order valence-corrected chi connectivity index (χ1v) is 9.01. The van der Waals surface area contributed by atoms with Crippen molar-refractivity contribution in [2.45, 2.75) is 40.0 Å². The van der Waals surface area contributed by atoms with Gasteiger partial charge in [0.05, 0.1) is 18.2 Å². The predicted octanol–water partition coefficient (Wildman–Crippen LogP) is 2.22. The molecule has 1 saturated heterocycles. The van der Waals surface area contributed by atoms with Crippen LogP contribution in [-0.4, -0.2) is 47.4 Å². The first-order valence-electron chi connectivity index (χ1n) is 8.19. The van der Waals surface area contributed by atoms with Crippen LogP contribution >= 0.6 is 11.3 Å². The number of hydrogen-bond donors (Lipinski definition) is 1. The van der Waals surface area contributed by atoms with E-state index in [0.717, 1.165) is 24.2 Å². The van der Waals surface area contributed by atoms with Crippen LogP contribution in [0.4, 0.5) is 5.13 Å². The third-order valence-electron chi connectivity index (χ3n) is 3.85. The average Bonchev–Trinajstić information content (AvgIpc) is 3.08. The minimum Gasteiger partial charge on any atom is -0.462 e. The van der Waals surface area contributed by atoms with Gasteiger partial charge in [0.15, 0.2) is 5.13 Å². The summed E-state index contributed by atoms with van der Waals surface area (Å²) in [4.78, 5) is 42.4. The molecule has 2 heterocycles. The molecule has 8 heteroatoms. The highest BCUT2D eigenvalue weighted by Gasteiger charge is 2.34. The standard InChI is InChI=1S/C16H23N3O4S/c1-4-6-7-19-9-11(8-12(19)20)14(21)18-16-17-10(3)13(24-16)15(22)23-5-2/h11H,4-9H2,1-3H3,(H,17,18,21)/t11-/m0/s1. The van der Waals surface area contributed by atoms with E-state index in [1.807, 2.05) is 0 Å². The summed E-state index contributed by atoms with van der Waals surface area (Å²) in [6, 6.07) is 0. The number of anilines is 1. The number of aryl methyl sites for hydroxylation is 1. The van der Waals surface area contributed by atoms with Gasteiger partial charge in [-0.05, 0) is 20.3 Å². The molecule has 24 heavy (non-hydrogen) atoms. The van der Waals surface area contributed by atoms with Crippen molar-refractivity contribution in [2.75, 3.05) is 25.0 Å². The van der Waals surface area contributed by atoms with Crippen molar-refractivity contribution in [2.24, 2.45) is 5.92 Å². The lowest BCUT2D eigenvalue weighted by atomic mass is 10.1. The summed E-state index contributed by atoms with van der Waals surface area (Å²) < 4.78 is 4.96. The second-order valence-corrected chi connectivity index (χ2v) is 6.74. The second-order valence-electron chi connectivity index (χ2n) is 5.74. The summed E-state index contributed by atoms with van der Waals surface area (Å²) in [5.41, 5.74) is 0.529. The van der Waals surface area contributed by atoms with Crippen molar-refractivity contribution in [3.05, 3.63) is 10.6 Å². The Labute approximate surface area is 145 Å². The average molecular weight is 353 g/mol. The van der Waals surface area contributed by atoms with Crippen LogP contribution in [0, 0.1) is 12.8 Å². The van der Waals surface area contributed by atoms with Crippen LogP contribution in [0.15, 0.2) is 0 Å². The van der Waals surface area contributed by atoms with Gasteiger partial charge < -0.3 is 15.0 Å². The number of nitrogens with zero attached hydrogens (tertiary/aromatic N) is 2. The first kappa shape index (κ1) is 18.4. The van der Waals surface area contributed by atoms with Crippen molar-refractivity contribution >= 4 is 34.3 Å². The molecule has 1 aliphatic rings. The highest BCUT2D eigenvalue weighted by Crippen LogP contribution is 2.25. The number of thiazole rings is 1. The Kier molecular flexibility index (Phi) is 6.30. The van der Waals surface area contributed by atoms with Gasteiger partial charge in [-0.15, -0.1) is 0 Å². The van der Waals surface area contributed by atoms with E-state index in [9.17, 15) is 14.4 Å². The smallest absolute Gasteiger partial charge is 0.350 e. The molecule has 0 unspecified atom stereocenters. The molecule has 0 saturated carbocycles. The Hall–Kier alpha value is -1.96. The van der Waals surface area contributed by atoms with E-state index < -0.39 is 5.97 Å². The molecule has 1 aromatic heterocycles. The molecule has 7 nitrogen and oxygen atoms in total. The van der Waals surface area contributed by atoms with Crippen LogP contribution in [-0.2, 0) is 14.3 Å². The lowest BCUT2D eigenvalue weighted by molar-refractivity contribution is -0.128. The van der Waals surface area contributed by atoms with Gasteiger partial charge in [-0.3, -0.25) is 9.59 Å². The maximum Gasteiger partial charge on any atom is 0.350 e. The quantitative estimate of drug-likeness (QED) is 0.759. The molecule has 0 aromatic carbocycles. The minimum absolute atomic E-state index is 0.0196. The number of likely N-dealkylation sites (tertiary alicyclic amines) is 1. The van der Waals surface area contributed by atoms with Gasteiger partial charge in [-0.1, -0.05) is 24.7 Å². The van der Waals surface area contributed by atoms with Crippen LogP contribution in [0.2, 0.25) is 0 Å². The topological polar surface area (TPSA) is 88.6 Å². The van der Waals surface area contributed by atoms with Crippen molar-refractivity contribution in [3.63, 3.8) is 0 Å². The monoisotopic (exact) mass is 353 g/mol. The fraction of sp³-hybridized carbons (Fsp3) is 0.625. The van der Waals surface area contributed by atoms with Gasteiger partial charge in [-0.2, -0.15) is 0 Å². The van der Waals surface area contributed by atoms with Gasteiger partial charge in [0.1, 0.15) is 4.88 Å². The molecule has 132 valence electrons. The van der Waals surface area contributed by atoms with Crippen molar-refractivity contribution < 1.29 is 19.1 Å². The van der Waals surface area contributed by atoms with Crippen LogP contribution < -0.4 is 5.32 Å². The molecule has 0 spiro atoms. The predicted molar refractivity (Wildman–Crippen MR) is 91.0 cm³/mol. The summed E-state index contributed by atoms with van der Waals surface area (Å²) in [6.07, 6.45) is 2.18. The molecule has 1 atom stereocenters. The van der Waals surface area contributed by atoms with Gasteiger partial charge in [0.25, 0.3) is 0 Å². The van der Waals surface area contributed by atoms with E-state index in [1.165, 1.54) is 0 Å².